The average Bonchev–Trinajstić information content (AvgIpc) is 2.86. The highest BCUT2D eigenvalue weighted by Crippen LogP contribution is 2.04. The molecule has 0 aromatic carbocycles. The van der Waals surface area contributed by atoms with Gasteiger partial charge in [-0.2, -0.15) is 0 Å². The van der Waals surface area contributed by atoms with Crippen molar-refractivity contribution in [1.82, 2.24) is 25.6 Å². The molecule has 0 fully saturated rings. The van der Waals surface area contributed by atoms with E-state index in [9.17, 15) is 4.79 Å². The highest BCUT2D eigenvalue weighted by molar-refractivity contribution is 5.79. The Balaban J connectivity index is 2.42. The smallest absolute Gasteiger partial charge is 0.244 e. The van der Waals surface area contributed by atoms with E-state index in [2.05, 4.69) is 34.8 Å². The number of methoxy groups -OCH3 is 1. The minimum atomic E-state index is -0.377. The predicted octanol–water partition coefficient (Wildman–Crippen LogP) is 0.347. The number of aromatic nitrogens is 3. The van der Waals surface area contributed by atoms with E-state index in [0.29, 0.717) is 25.6 Å². The Hall–Kier alpha value is -1.47. The minimum Gasteiger partial charge on any atom is -0.383 e. The van der Waals surface area contributed by atoms with Crippen LogP contribution in [0.2, 0.25) is 0 Å². The second-order valence-corrected chi connectivity index (χ2v) is 5.17. The lowest BCUT2D eigenvalue weighted by Gasteiger charge is -2.11. The summed E-state index contributed by atoms with van der Waals surface area (Å²) in [4.78, 5) is 11.9. The summed E-state index contributed by atoms with van der Waals surface area (Å²) in [7, 11) is 1.60. The van der Waals surface area contributed by atoms with Crippen LogP contribution in [0.1, 0.15) is 32.5 Å². The molecule has 1 atom stereocenters. The SMILES string of the molecule is COCCNC(=O)C(C)n1cc(CNCC(C)C)nn1. The standard InChI is InChI=1S/C13H25N5O2/c1-10(2)7-14-8-12-9-18(17-16-12)11(3)13(19)15-5-6-20-4/h9-11,14H,5-8H2,1-4H3,(H,15,19). The summed E-state index contributed by atoms with van der Waals surface area (Å²) >= 11 is 0. The molecule has 0 radical (unpaired) electrons. The summed E-state index contributed by atoms with van der Waals surface area (Å²) in [5, 5.41) is 14.1. The molecule has 1 amide bonds. The molecule has 20 heavy (non-hydrogen) atoms. The molecular weight excluding hydrogens is 258 g/mol. The van der Waals surface area contributed by atoms with E-state index < -0.39 is 0 Å². The van der Waals surface area contributed by atoms with E-state index in [1.165, 1.54) is 0 Å². The van der Waals surface area contributed by atoms with Crippen LogP contribution in [0.15, 0.2) is 6.20 Å². The molecule has 0 aliphatic heterocycles. The lowest BCUT2D eigenvalue weighted by atomic mass is 10.2. The minimum absolute atomic E-state index is 0.0892. The third-order valence-corrected chi connectivity index (χ3v) is 2.80. The molecule has 7 nitrogen and oxygen atoms in total. The van der Waals surface area contributed by atoms with Crippen LogP contribution in [0, 0.1) is 5.92 Å². The van der Waals surface area contributed by atoms with E-state index in [-0.39, 0.29) is 11.9 Å². The zero-order valence-electron chi connectivity index (χ0n) is 12.7. The van der Waals surface area contributed by atoms with E-state index in [1.54, 1.807) is 24.9 Å². The number of hydrogen-bond donors (Lipinski definition) is 2. The first-order chi connectivity index (χ1) is 9.54. The number of amides is 1. The number of hydrogen-bond acceptors (Lipinski definition) is 5. The highest BCUT2D eigenvalue weighted by Gasteiger charge is 2.16. The van der Waals surface area contributed by atoms with Crippen molar-refractivity contribution in [3.8, 4) is 0 Å². The summed E-state index contributed by atoms with van der Waals surface area (Å²) in [5.41, 5.74) is 0.835. The van der Waals surface area contributed by atoms with Crippen molar-refractivity contribution in [3.63, 3.8) is 0 Å². The number of rotatable bonds is 9. The molecule has 1 rings (SSSR count). The largest absolute Gasteiger partial charge is 0.383 e. The van der Waals surface area contributed by atoms with Crippen molar-refractivity contribution in [2.45, 2.75) is 33.4 Å². The average molecular weight is 283 g/mol. The molecule has 0 aliphatic rings. The van der Waals surface area contributed by atoms with Gasteiger partial charge in [0.2, 0.25) is 5.91 Å². The Morgan fingerprint density at radius 1 is 1.45 bits per heavy atom. The van der Waals surface area contributed by atoms with Gasteiger partial charge in [0.05, 0.1) is 18.5 Å². The molecule has 0 bridgehead atoms. The normalized spacial score (nSPS) is 12.7. The zero-order chi connectivity index (χ0) is 15.0. The summed E-state index contributed by atoms with van der Waals surface area (Å²) in [5.74, 6) is 0.504. The van der Waals surface area contributed by atoms with Gasteiger partial charge in [-0.05, 0) is 19.4 Å². The van der Waals surface area contributed by atoms with Gasteiger partial charge in [-0.3, -0.25) is 4.79 Å². The second-order valence-electron chi connectivity index (χ2n) is 5.17. The quantitative estimate of drug-likeness (QED) is 0.639. The predicted molar refractivity (Wildman–Crippen MR) is 76.2 cm³/mol. The van der Waals surface area contributed by atoms with Crippen molar-refractivity contribution in [2.24, 2.45) is 5.92 Å². The molecule has 114 valence electrons. The fraction of sp³-hybridized carbons (Fsp3) is 0.769. The fourth-order valence-corrected chi connectivity index (χ4v) is 1.62. The topological polar surface area (TPSA) is 81.1 Å². The van der Waals surface area contributed by atoms with Gasteiger partial charge in [0.15, 0.2) is 0 Å². The highest BCUT2D eigenvalue weighted by atomic mass is 16.5. The third-order valence-electron chi connectivity index (χ3n) is 2.80. The van der Waals surface area contributed by atoms with E-state index in [1.807, 2.05) is 0 Å². The molecule has 0 saturated carbocycles. The van der Waals surface area contributed by atoms with Gasteiger partial charge in [0.25, 0.3) is 0 Å². The Labute approximate surface area is 120 Å². The van der Waals surface area contributed by atoms with Crippen LogP contribution in [-0.2, 0) is 16.1 Å². The van der Waals surface area contributed by atoms with Gasteiger partial charge in [0.1, 0.15) is 6.04 Å². The molecule has 2 N–H and O–H groups in total. The monoisotopic (exact) mass is 283 g/mol. The zero-order valence-corrected chi connectivity index (χ0v) is 12.7. The number of carbonyl (C=O) groups is 1. The second kappa shape index (κ2) is 8.65. The number of nitrogens with one attached hydrogen (secondary N) is 2. The molecule has 1 aromatic rings. The van der Waals surface area contributed by atoms with Crippen LogP contribution in [0.3, 0.4) is 0 Å². The lowest BCUT2D eigenvalue weighted by Crippen LogP contribution is -2.33. The van der Waals surface area contributed by atoms with Gasteiger partial charge < -0.3 is 15.4 Å². The van der Waals surface area contributed by atoms with Crippen LogP contribution in [0.4, 0.5) is 0 Å². The van der Waals surface area contributed by atoms with Gasteiger partial charge in [0, 0.05) is 20.2 Å². The Kier molecular flexibility index (Phi) is 7.17. The van der Waals surface area contributed by atoms with Crippen LogP contribution < -0.4 is 10.6 Å². The van der Waals surface area contributed by atoms with Crippen molar-refractivity contribution in [2.75, 3.05) is 26.8 Å². The molecule has 0 saturated heterocycles. The van der Waals surface area contributed by atoms with Crippen LogP contribution >= 0.6 is 0 Å². The third kappa shape index (κ3) is 5.66. The Morgan fingerprint density at radius 3 is 2.85 bits per heavy atom. The summed E-state index contributed by atoms with van der Waals surface area (Å²) in [6.07, 6.45) is 1.80. The molecular formula is C13H25N5O2. The van der Waals surface area contributed by atoms with Crippen molar-refractivity contribution in [1.29, 1.82) is 0 Å². The van der Waals surface area contributed by atoms with Crippen molar-refractivity contribution < 1.29 is 9.53 Å². The maximum atomic E-state index is 11.9. The fourth-order valence-electron chi connectivity index (χ4n) is 1.62. The van der Waals surface area contributed by atoms with Crippen LogP contribution in [0.25, 0.3) is 0 Å². The van der Waals surface area contributed by atoms with Gasteiger partial charge >= 0.3 is 0 Å². The van der Waals surface area contributed by atoms with Crippen LogP contribution in [0.5, 0.6) is 0 Å². The van der Waals surface area contributed by atoms with Crippen LogP contribution in [-0.4, -0.2) is 47.7 Å². The molecule has 0 spiro atoms. The molecule has 7 heteroatoms. The number of nitrogens with zero attached hydrogens (tertiary/aromatic N) is 3. The van der Waals surface area contributed by atoms with E-state index in [4.69, 9.17) is 4.74 Å². The summed E-state index contributed by atoms with van der Waals surface area (Å²) in [6, 6.07) is -0.377. The van der Waals surface area contributed by atoms with E-state index >= 15 is 0 Å². The number of ether oxygens (including phenoxy) is 1. The molecule has 1 unspecified atom stereocenters. The maximum Gasteiger partial charge on any atom is 0.244 e. The van der Waals surface area contributed by atoms with Crippen molar-refractivity contribution >= 4 is 5.91 Å². The Bertz CT molecular complexity index is 405. The first-order valence-electron chi connectivity index (χ1n) is 6.92. The molecule has 0 aliphatic carbocycles. The molecule has 1 aromatic heterocycles. The summed E-state index contributed by atoms with van der Waals surface area (Å²) < 4.78 is 6.47. The number of carbonyl (C=O) groups excluding carboxylic acids is 1. The molecule has 1 heterocycles. The van der Waals surface area contributed by atoms with Gasteiger partial charge in [-0.1, -0.05) is 19.1 Å². The maximum absolute atomic E-state index is 11.9. The summed E-state index contributed by atoms with van der Waals surface area (Å²) in [6.45, 7) is 8.68. The lowest BCUT2D eigenvalue weighted by molar-refractivity contribution is -0.124. The van der Waals surface area contributed by atoms with Crippen molar-refractivity contribution in [3.05, 3.63) is 11.9 Å². The van der Waals surface area contributed by atoms with E-state index in [0.717, 1.165) is 12.2 Å². The van der Waals surface area contributed by atoms with Gasteiger partial charge in [-0.15, -0.1) is 5.10 Å². The van der Waals surface area contributed by atoms with Gasteiger partial charge in [-0.25, -0.2) is 4.68 Å². The Morgan fingerprint density at radius 2 is 2.20 bits per heavy atom. The first kappa shape index (κ1) is 16.6. The first-order valence-corrected chi connectivity index (χ1v) is 6.92.